The molecule has 0 bridgehead atoms. The van der Waals surface area contributed by atoms with Gasteiger partial charge in [-0.15, -0.1) is 0 Å². The summed E-state index contributed by atoms with van der Waals surface area (Å²) in [5, 5.41) is 0.859. The Hall–Kier alpha value is -1.75. The van der Waals surface area contributed by atoms with E-state index in [2.05, 4.69) is 51.0 Å². The van der Waals surface area contributed by atoms with Gasteiger partial charge in [-0.2, -0.15) is 0 Å². The largest absolute Gasteiger partial charge is 0.454 e. The zero-order valence-corrected chi connectivity index (χ0v) is 18.1. The van der Waals surface area contributed by atoms with Crippen molar-refractivity contribution in [2.75, 3.05) is 12.5 Å². The van der Waals surface area contributed by atoms with Gasteiger partial charge in [0.25, 0.3) is 0 Å². The van der Waals surface area contributed by atoms with Gasteiger partial charge in [0.15, 0.2) is 33.6 Å². The number of aromatic nitrogens is 4. The maximum Gasteiger partial charge on any atom is 0.231 e. The molecule has 4 rings (SSSR count). The summed E-state index contributed by atoms with van der Waals surface area (Å²) in [5.41, 5.74) is 7.47. The van der Waals surface area contributed by atoms with Gasteiger partial charge in [0.05, 0.1) is 0 Å². The van der Waals surface area contributed by atoms with Crippen LogP contribution in [0.4, 0.5) is 5.82 Å². The molecule has 0 radical (unpaired) electrons. The number of nitrogens with two attached hydrogens (primary N) is 1. The standard InChI is InChI=1S/C18H20IN5O2S/c1-10(2)4-3-5-24-17-15(16(20)21-8-22-17)23-18(24)27-14-7-13-12(6-11(14)19)25-9-26-13/h6-8,10H,3-5,9H2,1-2H3,(H2,20,21,22). The van der Waals surface area contributed by atoms with Crippen molar-refractivity contribution < 1.29 is 9.47 Å². The second kappa shape index (κ2) is 7.70. The molecular formula is C18H20IN5O2S. The van der Waals surface area contributed by atoms with Crippen LogP contribution >= 0.6 is 34.4 Å². The molecule has 0 fully saturated rings. The highest BCUT2D eigenvalue weighted by Gasteiger charge is 2.20. The van der Waals surface area contributed by atoms with E-state index in [4.69, 9.17) is 20.2 Å². The number of aryl methyl sites for hydroxylation is 1. The summed E-state index contributed by atoms with van der Waals surface area (Å²) in [6.45, 7) is 5.57. The lowest BCUT2D eigenvalue weighted by atomic mass is 10.1. The molecule has 3 aromatic rings. The number of ether oxygens (including phenoxy) is 2. The lowest BCUT2D eigenvalue weighted by Gasteiger charge is -2.10. The molecule has 0 spiro atoms. The maximum atomic E-state index is 6.04. The van der Waals surface area contributed by atoms with E-state index in [0.717, 1.165) is 50.2 Å². The van der Waals surface area contributed by atoms with Gasteiger partial charge in [-0.05, 0) is 53.5 Å². The number of hydrogen-bond acceptors (Lipinski definition) is 7. The molecule has 0 aliphatic carbocycles. The number of nitrogen functional groups attached to an aromatic ring is 1. The zero-order chi connectivity index (χ0) is 19.0. The number of benzene rings is 1. The Kier molecular flexibility index (Phi) is 5.31. The second-order valence-electron chi connectivity index (χ2n) is 6.75. The van der Waals surface area contributed by atoms with Crippen molar-refractivity contribution in [2.45, 2.75) is 43.3 Å². The molecule has 1 aromatic carbocycles. The van der Waals surface area contributed by atoms with Crippen LogP contribution in [0.3, 0.4) is 0 Å². The molecule has 0 unspecified atom stereocenters. The minimum atomic E-state index is 0.263. The topological polar surface area (TPSA) is 88.1 Å². The van der Waals surface area contributed by atoms with Gasteiger partial charge in [-0.3, -0.25) is 0 Å². The van der Waals surface area contributed by atoms with Gasteiger partial charge >= 0.3 is 0 Å². The summed E-state index contributed by atoms with van der Waals surface area (Å²) in [7, 11) is 0. The number of anilines is 1. The summed E-state index contributed by atoms with van der Waals surface area (Å²) in [4.78, 5) is 14.3. The molecule has 1 aliphatic heterocycles. The number of halogens is 1. The zero-order valence-electron chi connectivity index (χ0n) is 15.1. The number of fused-ring (bicyclic) bond motifs is 2. The summed E-state index contributed by atoms with van der Waals surface area (Å²) in [6, 6.07) is 3.99. The molecule has 0 saturated carbocycles. The highest BCUT2D eigenvalue weighted by Crippen LogP contribution is 2.41. The first kappa shape index (κ1) is 18.6. The Morgan fingerprint density at radius 3 is 2.81 bits per heavy atom. The van der Waals surface area contributed by atoms with Crippen LogP contribution < -0.4 is 15.2 Å². The summed E-state index contributed by atoms with van der Waals surface area (Å²) >= 11 is 3.89. The Bertz CT molecular complexity index is 992. The fourth-order valence-electron chi connectivity index (χ4n) is 2.95. The van der Waals surface area contributed by atoms with Crippen molar-refractivity contribution in [3.63, 3.8) is 0 Å². The Morgan fingerprint density at radius 2 is 2.04 bits per heavy atom. The summed E-state index contributed by atoms with van der Waals surface area (Å²) in [6.07, 6.45) is 3.70. The number of hydrogen-bond donors (Lipinski definition) is 1. The Morgan fingerprint density at radius 1 is 1.26 bits per heavy atom. The van der Waals surface area contributed by atoms with E-state index < -0.39 is 0 Å². The minimum absolute atomic E-state index is 0.263. The Balaban J connectivity index is 1.71. The van der Waals surface area contributed by atoms with Crippen molar-refractivity contribution in [2.24, 2.45) is 5.92 Å². The molecule has 9 heteroatoms. The van der Waals surface area contributed by atoms with Crippen LogP contribution in [0.2, 0.25) is 0 Å². The molecule has 27 heavy (non-hydrogen) atoms. The smallest absolute Gasteiger partial charge is 0.231 e. The molecular weight excluding hydrogens is 477 g/mol. The van der Waals surface area contributed by atoms with Crippen LogP contribution in [-0.2, 0) is 6.54 Å². The minimum Gasteiger partial charge on any atom is -0.454 e. The first-order chi connectivity index (χ1) is 13.0. The normalized spacial score (nSPS) is 13.0. The van der Waals surface area contributed by atoms with E-state index in [-0.39, 0.29) is 6.79 Å². The van der Waals surface area contributed by atoms with E-state index in [9.17, 15) is 0 Å². The lowest BCUT2D eigenvalue weighted by molar-refractivity contribution is 0.174. The molecule has 7 nitrogen and oxygen atoms in total. The molecule has 142 valence electrons. The molecule has 3 heterocycles. The van der Waals surface area contributed by atoms with Crippen LogP contribution in [0.25, 0.3) is 11.2 Å². The van der Waals surface area contributed by atoms with Gasteiger partial charge in [-0.25, -0.2) is 15.0 Å². The maximum absolute atomic E-state index is 6.04. The van der Waals surface area contributed by atoms with E-state index in [1.165, 1.54) is 6.33 Å². The first-order valence-electron chi connectivity index (χ1n) is 8.76. The molecule has 2 N–H and O–H groups in total. The van der Waals surface area contributed by atoms with Crippen molar-refractivity contribution >= 4 is 51.3 Å². The number of imidazole rings is 1. The Labute approximate surface area is 175 Å². The second-order valence-corrected chi connectivity index (χ2v) is 8.92. The third kappa shape index (κ3) is 3.79. The van der Waals surface area contributed by atoms with Crippen LogP contribution in [0.5, 0.6) is 11.5 Å². The van der Waals surface area contributed by atoms with E-state index in [1.54, 1.807) is 11.8 Å². The van der Waals surface area contributed by atoms with Gasteiger partial charge in [0, 0.05) is 15.0 Å². The number of nitrogens with zero attached hydrogens (tertiary/aromatic N) is 4. The van der Waals surface area contributed by atoms with E-state index >= 15 is 0 Å². The quantitative estimate of drug-likeness (QED) is 0.508. The van der Waals surface area contributed by atoms with Crippen LogP contribution in [0.1, 0.15) is 26.7 Å². The third-order valence-corrected chi connectivity index (χ3v) is 6.63. The molecule has 1 aliphatic rings. The molecule has 0 saturated heterocycles. The van der Waals surface area contributed by atoms with E-state index in [0.29, 0.717) is 17.3 Å². The average Bonchev–Trinajstić information content (AvgIpc) is 3.21. The average molecular weight is 497 g/mol. The van der Waals surface area contributed by atoms with Gasteiger partial charge in [0.1, 0.15) is 6.33 Å². The van der Waals surface area contributed by atoms with Crippen LogP contribution in [0.15, 0.2) is 28.5 Å². The predicted molar refractivity (Wildman–Crippen MR) is 113 cm³/mol. The SMILES string of the molecule is CC(C)CCCn1c(Sc2cc3c(cc2I)OCO3)nc2c(N)ncnc21. The fraction of sp³-hybridized carbons (Fsp3) is 0.389. The molecule has 0 amide bonds. The van der Waals surface area contributed by atoms with Crippen molar-refractivity contribution in [1.82, 2.24) is 19.5 Å². The van der Waals surface area contributed by atoms with E-state index in [1.807, 2.05) is 12.1 Å². The first-order valence-corrected chi connectivity index (χ1v) is 10.7. The highest BCUT2D eigenvalue weighted by molar-refractivity contribution is 14.1. The van der Waals surface area contributed by atoms with Crippen LogP contribution in [-0.4, -0.2) is 26.3 Å². The highest BCUT2D eigenvalue weighted by atomic mass is 127. The van der Waals surface area contributed by atoms with Gasteiger partial charge in [0.2, 0.25) is 6.79 Å². The summed E-state index contributed by atoms with van der Waals surface area (Å²) in [5.74, 6) is 2.61. The third-order valence-electron chi connectivity index (χ3n) is 4.32. The monoisotopic (exact) mass is 497 g/mol. The molecule has 2 aromatic heterocycles. The molecule has 0 atom stereocenters. The van der Waals surface area contributed by atoms with Crippen molar-refractivity contribution in [3.05, 3.63) is 22.0 Å². The predicted octanol–water partition coefficient (Wildman–Crippen LogP) is 4.33. The van der Waals surface area contributed by atoms with Crippen LogP contribution in [0, 0.1) is 9.49 Å². The lowest BCUT2D eigenvalue weighted by Crippen LogP contribution is -2.03. The number of rotatable bonds is 6. The summed E-state index contributed by atoms with van der Waals surface area (Å²) < 4.78 is 14.2. The van der Waals surface area contributed by atoms with Crippen molar-refractivity contribution in [3.8, 4) is 11.5 Å². The van der Waals surface area contributed by atoms with Gasteiger partial charge in [-0.1, -0.05) is 25.6 Å². The fourth-order valence-corrected chi connectivity index (χ4v) is 4.66. The van der Waals surface area contributed by atoms with Gasteiger partial charge < -0.3 is 19.8 Å². The van der Waals surface area contributed by atoms with Crippen molar-refractivity contribution in [1.29, 1.82) is 0 Å².